The molecule has 2 atom stereocenters. The van der Waals surface area contributed by atoms with Crippen LogP contribution in [-0.2, 0) is 14.8 Å². The Morgan fingerprint density at radius 1 is 1.00 bits per heavy atom. The molecule has 140 valence electrons. The SMILES string of the molecule is Cc1ccc(C)c(S(=O)(=O)Nc2ccc(N3C(C)COCC3C)cc2)c1. The number of nitrogens with zero attached hydrogens (tertiary/aromatic N) is 1. The normalized spacial score (nSPS) is 20.8. The van der Waals surface area contributed by atoms with Crippen LogP contribution >= 0.6 is 0 Å². The van der Waals surface area contributed by atoms with E-state index in [9.17, 15) is 8.42 Å². The molecule has 6 heteroatoms. The van der Waals surface area contributed by atoms with E-state index in [1.807, 2.05) is 43.3 Å². The fraction of sp³-hybridized carbons (Fsp3) is 0.400. The lowest BCUT2D eigenvalue weighted by atomic mass is 10.1. The van der Waals surface area contributed by atoms with Gasteiger partial charge in [0.2, 0.25) is 0 Å². The van der Waals surface area contributed by atoms with Crippen molar-refractivity contribution in [1.82, 2.24) is 0 Å². The molecule has 0 spiro atoms. The summed E-state index contributed by atoms with van der Waals surface area (Å²) in [6.07, 6.45) is 0. The van der Waals surface area contributed by atoms with Crippen LogP contribution in [0.2, 0.25) is 0 Å². The maximum absolute atomic E-state index is 12.7. The van der Waals surface area contributed by atoms with E-state index >= 15 is 0 Å². The number of benzene rings is 2. The van der Waals surface area contributed by atoms with Crippen molar-refractivity contribution in [2.24, 2.45) is 0 Å². The molecular formula is C20H26N2O3S. The summed E-state index contributed by atoms with van der Waals surface area (Å²) in [7, 11) is -3.61. The van der Waals surface area contributed by atoms with Crippen molar-refractivity contribution in [2.45, 2.75) is 44.7 Å². The van der Waals surface area contributed by atoms with Gasteiger partial charge in [-0.3, -0.25) is 4.72 Å². The van der Waals surface area contributed by atoms with Gasteiger partial charge in [0.1, 0.15) is 0 Å². The van der Waals surface area contributed by atoms with Gasteiger partial charge in [-0.2, -0.15) is 0 Å². The fourth-order valence-electron chi connectivity index (χ4n) is 3.42. The molecule has 3 rings (SSSR count). The van der Waals surface area contributed by atoms with Crippen molar-refractivity contribution >= 4 is 21.4 Å². The van der Waals surface area contributed by atoms with Crippen LogP contribution in [-0.4, -0.2) is 33.7 Å². The molecule has 1 aliphatic heterocycles. The largest absolute Gasteiger partial charge is 0.377 e. The van der Waals surface area contributed by atoms with Gasteiger partial charge < -0.3 is 9.64 Å². The molecule has 1 fully saturated rings. The van der Waals surface area contributed by atoms with Crippen molar-refractivity contribution < 1.29 is 13.2 Å². The number of anilines is 2. The number of ether oxygens (including phenoxy) is 1. The molecule has 5 nitrogen and oxygen atoms in total. The van der Waals surface area contributed by atoms with Crippen molar-refractivity contribution in [3.8, 4) is 0 Å². The van der Waals surface area contributed by atoms with E-state index in [4.69, 9.17) is 4.74 Å². The number of rotatable bonds is 4. The van der Waals surface area contributed by atoms with Gasteiger partial charge in [0.25, 0.3) is 10.0 Å². The minimum Gasteiger partial charge on any atom is -0.377 e. The molecule has 1 N–H and O–H groups in total. The Morgan fingerprint density at radius 3 is 2.23 bits per heavy atom. The number of hydrogen-bond acceptors (Lipinski definition) is 4. The Bertz CT molecular complexity index is 868. The van der Waals surface area contributed by atoms with Crippen LogP contribution < -0.4 is 9.62 Å². The topological polar surface area (TPSA) is 58.6 Å². The molecule has 2 aromatic carbocycles. The zero-order valence-corrected chi connectivity index (χ0v) is 16.5. The molecule has 1 saturated heterocycles. The van der Waals surface area contributed by atoms with Gasteiger partial charge >= 0.3 is 0 Å². The zero-order valence-electron chi connectivity index (χ0n) is 15.7. The van der Waals surface area contributed by atoms with Crippen molar-refractivity contribution in [3.63, 3.8) is 0 Å². The van der Waals surface area contributed by atoms with E-state index in [2.05, 4.69) is 23.5 Å². The first-order valence-corrected chi connectivity index (χ1v) is 10.3. The summed E-state index contributed by atoms with van der Waals surface area (Å²) in [5.74, 6) is 0. The van der Waals surface area contributed by atoms with Gasteiger partial charge in [0, 0.05) is 23.5 Å². The van der Waals surface area contributed by atoms with Gasteiger partial charge in [-0.25, -0.2) is 8.42 Å². The molecule has 0 amide bonds. The van der Waals surface area contributed by atoms with E-state index < -0.39 is 10.0 Å². The molecule has 0 aliphatic carbocycles. The highest BCUT2D eigenvalue weighted by atomic mass is 32.2. The standard InChI is InChI=1S/C20H26N2O3S/c1-14-5-6-15(2)20(11-14)26(23,24)21-18-7-9-19(10-8-18)22-16(3)12-25-13-17(22)4/h5-11,16-17,21H,12-13H2,1-4H3. The molecule has 0 aromatic heterocycles. The lowest BCUT2D eigenvalue weighted by Gasteiger charge is -2.40. The van der Waals surface area contributed by atoms with Crippen molar-refractivity contribution in [3.05, 3.63) is 53.6 Å². The zero-order chi connectivity index (χ0) is 18.9. The third-order valence-electron chi connectivity index (χ3n) is 4.72. The van der Waals surface area contributed by atoms with Crippen LogP contribution in [0.25, 0.3) is 0 Å². The number of sulfonamides is 1. The molecule has 1 aliphatic rings. The van der Waals surface area contributed by atoms with E-state index in [1.165, 1.54) is 0 Å². The van der Waals surface area contributed by atoms with E-state index in [0.717, 1.165) is 16.8 Å². The van der Waals surface area contributed by atoms with Crippen LogP contribution in [0.15, 0.2) is 47.4 Å². The van der Waals surface area contributed by atoms with E-state index in [-0.39, 0.29) is 12.1 Å². The number of nitrogens with one attached hydrogen (secondary N) is 1. The summed E-state index contributed by atoms with van der Waals surface area (Å²) in [5, 5.41) is 0. The lowest BCUT2D eigenvalue weighted by Crippen LogP contribution is -2.49. The summed E-state index contributed by atoms with van der Waals surface area (Å²) in [5.41, 5.74) is 3.28. The Labute approximate surface area is 156 Å². The summed E-state index contributed by atoms with van der Waals surface area (Å²) >= 11 is 0. The summed E-state index contributed by atoms with van der Waals surface area (Å²) in [6.45, 7) is 9.35. The van der Waals surface area contributed by atoms with Gasteiger partial charge in [-0.1, -0.05) is 12.1 Å². The van der Waals surface area contributed by atoms with Crippen LogP contribution in [0.3, 0.4) is 0 Å². The third-order valence-corrected chi connectivity index (χ3v) is 6.24. The quantitative estimate of drug-likeness (QED) is 0.886. The second-order valence-electron chi connectivity index (χ2n) is 7.06. The average molecular weight is 375 g/mol. The van der Waals surface area contributed by atoms with Crippen LogP contribution in [0.5, 0.6) is 0 Å². The van der Waals surface area contributed by atoms with Gasteiger partial charge in [0.05, 0.1) is 18.1 Å². The molecule has 2 unspecified atom stereocenters. The highest BCUT2D eigenvalue weighted by molar-refractivity contribution is 7.92. The third kappa shape index (κ3) is 3.86. The predicted molar refractivity (Wildman–Crippen MR) is 105 cm³/mol. The van der Waals surface area contributed by atoms with Gasteiger partial charge in [-0.15, -0.1) is 0 Å². The Balaban J connectivity index is 1.82. The monoisotopic (exact) mass is 374 g/mol. The molecular weight excluding hydrogens is 348 g/mol. The Kier molecular flexibility index (Phi) is 5.25. The summed E-state index contributed by atoms with van der Waals surface area (Å²) in [4.78, 5) is 2.63. The molecule has 0 saturated carbocycles. The number of morpholine rings is 1. The van der Waals surface area contributed by atoms with Gasteiger partial charge in [-0.05, 0) is 69.2 Å². The molecule has 0 bridgehead atoms. The Hall–Kier alpha value is -2.05. The Morgan fingerprint density at radius 2 is 1.62 bits per heavy atom. The lowest BCUT2D eigenvalue weighted by molar-refractivity contribution is 0.0757. The molecule has 26 heavy (non-hydrogen) atoms. The highest BCUT2D eigenvalue weighted by Gasteiger charge is 2.25. The predicted octanol–water partition coefficient (Wildman–Crippen LogP) is 3.72. The van der Waals surface area contributed by atoms with Crippen LogP contribution in [0.1, 0.15) is 25.0 Å². The average Bonchev–Trinajstić information content (AvgIpc) is 2.58. The molecule has 2 aromatic rings. The maximum Gasteiger partial charge on any atom is 0.262 e. The van der Waals surface area contributed by atoms with E-state index in [0.29, 0.717) is 23.8 Å². The van der Waals surface area contributed by atoms with Crippen molar-refractivity contribution in [2.75, 3.05) is 22.8 Å². The highest BCUT2D eigenvalue weighted by Crippen LogP contribution is 2.26. The molecule has 0 radical (unpaired) electrons. The minimum absolute atomic E-state index is 0.288. The maximum atomic E-state index is 12.7. The first kappa shape index (κ1) is 18.7. The van der Waals surface area contributed by atoms with Crippen LogP contribution in [0, 0.1) is 13.8 Å². The smallest absolute Gasteiger partial charge is 0.262 e. The second kappa shape index (κ2) is 7.29. The summed E-state index contributed by atoms with van der Waals surface area (Å²) in [6, 6.07) is 13.6. The first-order chi connectivity index (χ1) is 12.3. The van der Waals surface area contributed by atoms with Crippen LogP contribution in [0.4, 0.5) is 11.4 Å². The summed E-state index contributed by atoms with van der Waals surface area (Å²) < 4.78 is 33.7. The van der Waals surface area contributed by atoms with Crippen molar-refractivity contribution in [1.29, 1.82) is 0 Å². The number of aryl methyl sites for hydroxylation is 2. The number of hydrogen-bond donors (Lipinski definition) is 1. The fourth-order valence-corrected chi connectivity index (χ4v) is 4.81. The second-order valence-corrected chi connectivity index (χ2v) is 8.71. The minimum atomic E-state index is -3.61. The van der Waals surface area contributed by atoms with E-state index in [1.54, 1.807) is 13.0 Å². The first-order valence-electron chi connectivity index (χ1n) is 8.84. The van der Waals surface area contributed by atoms with Gasteiger partial charge in [0.15, 0.2) is 0 Å². The molecule has 1 heterocycles.